The molecule has 4 heteroatoms. The van der Waals surface area contributed by atoms with Crippen molar-refractivity contribution in [3.63, 3.8) is 0 Å². The van der Waals surface area contributed by atoms with Crippen molar-refractivity contribution in [2.24, 2.45) is 0 Å². The monoisotopic (exact) mass is 240 g/mol. The summed E-state index contributed by atoms with van der Waals surface area (Å²) >= 11 is 22.7. The van der Waals surface area contributed by atoms with Crippen LogP contribution in [0.4, 0.5) is 0 Å². The molecule has 64 valence electrons. The predicted octanol–water partition coefficient (Wildman–Crippen LogP) is 4.86. The van der Waals surface area contributed by atoms with Crippen molar-refractivity contribution in [1.82, 2.24) is 0 Å². The zero-order chi connectivity index (χ0) is 9.14. The third-order valence-corrected chi connectivity index (χ3v) is 2.46. The van der Waals surface area contributed by atoms with E-state index in [0.717, 1.165) is 5.56 Å². The van der Waals surface area contributed by atoms with Gasteiger partial charge in [-0.3, -0.25) is 0 Å². The van der Waals surface area contributed by atoms with Crippen LogP contribution in [-0.2, 0) is 0 Å². The van der Waals surface area contributed by atoms with Crippen LogP contribution in [0.25, 0.3) is 6.08 Å². The van der Waals surface area contributed by atoms with Crippen LogP contribution < -0.4 is 0 Å². The van der Waals surface area contributed by atoms with E-state index in [1.165, 1.54) is 5.54 Å². The average Bonchev–Trinajstić information content (AvgIpc) is 2.01. The molecule has 0 fully saturated rings. The van der Waals surface area contributed by atoms with Gasteiger partial charge >= 0.3 is 0 Å². The third kappa shape index (κ3) is 2.30. The van der Waals surface area contributed by atoms with E-state index in [4.69, 9.17) is 46.4 Å². The Balaban J connectivity index is 3.23. The molecular weight excluding hydrogens is 238 g/mol. The zero-order valence-electron chi connectivity index (χ0n) is 5.82. The molecule has 0 saturated heterocycles. The van der Waals surface area contributed by atoms with E-state index in [9.17, 15) is 0 Å². The Morgan fingerprint density at radius 3 is 2.08 bits per heavy atom. The molecule has 0 radical (unpaired) electrons. The topological polar surface area (TPSA) is 0 Å². The van der Waals surface area contributed by atoms with E-state index in [1.807, 2.05) is 0 Å². The van der Waals surface area contributed by atoms with Gasteiger partial charge in [-0.25, -0.2) is 0 Å². The Hall–Kier alpha value is 0.120. The number of hydrogen-bond acceptors (Lipinski definition) is 0. The van der Waals surface area contributed by atoms with Crippen LogP contribution in [-0.4, -0.2) is 0 Å². The molecule has 0 spiro atoms. The van der Waals surface area contributed by atoms with Crippen LogP contribution >= 0.6 is 46.4 Å². The average molecular weight is 242 g/mol. The van der Waals surface area contributed by atoms with E-state index in [0.29, 0.717) is 15.1 Å². The van der Waals surface area contributed by atoms with Gasteiger partial charge in [-0.2, -0.15) is 0 Å². The molecule has 0 aliphatic rings. The summed E-state index contributed by atoms with van der Waals surface area (Å²) in [6.45, 7) is 0. The van der Waals surface area contributed by atoms with Crippen molar-refractivity contribution < 1.29 is 0 Å². The first-order valence-corrected chi connectivity index (χ1v) is 4.63. The molecule has 0 bridgehead atoms. The Morgan fingerprint density at radius 1 is 0.917 bits per heavy atom. The van der Waals surface area contributed by atoms with E-state index in [-0.39, 0.29) is 0 Å². The lowest BCUT2D eigenvalue weighted by molar-refractivity contribution is 1.65. The Morgan fingerprint density at radius 2 is 1.50 bits per heavy atom. The van der Waals surface area contributed by atoms with E-state index >= 15 is 0 Å². The van der Waals surface area contributed by atoms with Crippen LogP contribution in [0, 0.1) is 0 Å². The van der Waals surface area contributed by atoms with Crippen molar-refractivity contribution in [1.29, 1.82) is 0 Å². The molecule has 0 unspecified atom stereocenters. The standard InChI is InChI=1S/C8H4Cl4/c9-2-1-5-3-7(11)8(12)4-6(5)10/h1-4H/b2-1-. The Labute approximate surface area is 90.7 Å². The molecule has 0 amide bonds. The minimum atomic E-state index is 0.438. The van der Waals surface area contributed by atoms with Gasteiger partial charge in [0.2, 0.25) is 0 Å². The van der Waals surface area contributed by atoms with E-state index in [1.54, 1.807) is 18.2 Å². The zero-order valence-corrected chi connectivity index (χ0v) is 8.84. The van der Waals surface area contributed by atoms with Gasteiger partial charge < -0.3 is 0 Å². The highest BCUT2D eigenvalue weighted by Crippen LogP contribution is 2.29. The van der Waals surface area contributed by atoms with Crippen molar-refractivity contribution in [2.45, 2.75) is 0 Å². The summed E-state index contributed by atoms with van der Waals surface area (Å²) in [5, 5.41) is 1.43. The van der Waals surface area contributed by atoms with Gasteiger partial charge in [-0.1, -0.05) is 46.4 Å². The molecule has 0 heterocycles. The quantitative estimate of drug-likeness (QED) is 0.617. The molecular formula is C8H4Cl4. The molecule has 0 saturated carbocycles. The van der Waals surface area contributed by atoms with Gasteiger partial charge in [0.05, 0.1) is 10.0 Å². The van der Waals surface area contributed by atoms with Gasteiger partial charge in [0, 0.05) is 10.6 Å². The molecule has 12 heavy (non-hydrogen) atoms. The summed E-state index contributed by atoms with van der Waals surface area (Å²) in [5.74, 6) is 0. The van der Waals surface area contributed by atoms with Gasteiger partial charge in [0.25, 0.3) is 0 Å². The summed E-state index contributed by atoms with van der Waals surface area (Å²) < 4.78 is 0. The predicted molar refractivity (Wildman–Crippen MR) is 56.4 cm³/mol. The first-order valence-electron chi connectivity index (χ1n) is 3.06. The third-order valence-electron chi connectivity index (χ3n) is 1.28. The lowest BCUT2D eigenvalue weighted by atomic mass is 10.2. The van der Waals surface area contributed by atoms with Crippen molar-refractivity contribution in [3.05, 3.63) is 38.3 Å². The molecule has 0 aliphatic carbocycles. The molecule has 0 aliphatic heterocycles. The van der Waals surface area contributed by atoms with E-state index < -0.39 is 0 Å². The minimum Gasteiger partial charge on any atom is -0.0929 e. The molecule has 1 aromatic carbocycles. The molecule has 0 nitrogen and oxygen atoms in total. The van der Waals surface area contributed by atoms with Gasteiger partial charge in [0.15, 0.2) is 0 Å². The van der Waals surface area contributed by atoms with Crippen LogP contribution in [0.2, 0.25) is 15.1 Å². The molecule has 1 aromatic rings. The first kappa shape index (κ1) is 10.2. The van der Waals surface area contributed by atoms with Crippen molar-refractivity contribution in [2.75, 3.05) is 0 Å². The number of benzene rings is 1. The number of hydrogen-bond donors (Lipinski definition) is 0. The molecule has 0 N–H and O–H groups in total. The molecule has 0 atom stereocenters. The summed E-state index contributed by atoms with van der Waals surface area (Å²) in [6.07, 6.45) is 1.64. The number of halogens is 4. The highest BCUT2D eigenvalue weighted by Gasteiger charge is 2.02. The Bertz CT molecular complexity index is 317. The van der Waals surface area contributed by atoms with Crippen LogP contribution in [0.15, 0.2) is 17.7 Å². The maximum absolute atomic E-state index is 5.83. The number of rotatable bonds is 1. The lowest BCUT2D eigenvalue weighted by Gasteiger charge is -2.00. The second kappa shape index (κ2) is 4.38. The second-order valence-corrected chi connectivity index (χ2v) is 3.55. The summed E-state index contributed by atoms with van der Waals surface area (Å²) in [4.78, 5) is 0. The largest absolute Gasteiger partial charge is 0.0929 e. The fourth-order valence-electron chi connectivity index (χ4n) is 0.734. The second-order valence-electron chi connectivity index (χ2n) is 2.08. The summed E-state index contributed by atoms with van der Waals surface area (Å²) in [7, 11) is 0. The minimum absolute atomic E-state index is 0.438. The maximum atomic E-state index is 5.83. The van der Waals surface area contributed by atoms with Gasteiger partial charge in [-0.15, -0.1) is 0 Å². The molecule has 1 rings (SSSR count). The van der Waals surface area contributed by atoms with Crippen LogP contribution in [0.5, 0.6) is 0 Å². The van der Waals surface area contributed by atoms with Crippen LogP contribution in [0.1, 0.15) is 5.56 Å². The Kier molecular flexibility index (Phi) is 3.73. The summed E-state index contributed by atoms with van der Waals surface area (Å²) in [6, 6.07) is 3.24. The normalized spacial score (nSPS) is 11.0. The van der Waals surface area contributed by atoms with Gasteiger partial charge in [-0.05, 0) is 23.8 Å². The molecule has 0 aromatic heterocycles. The van der Waals surface area contributed by atoms with Crippen LogP contribution in [0.3, 0.4) is 0 Å². The summed E-state index contributed by atoms with van der Waals surface area (Å²) in [5.41, 5.74) is 2.12. The van der Waals surface area contributed by atoms with Crippen molar-refractivity contribution in [3.8, 4) is 0 Å². The van der Waals surface area contributed by atoms with Crippen molar-refractivity contribution >= 4 is 52.5 Å². The fraction of sp³-hybridized carbons (Fsp3) is 0. The maximum Gasteiger partial charge on any atom is 0.0607 e. The highest BCUT2D eigenvalue weighted by atomic mass is 35.5. The van der Waals surface area contributed by atoms with Gasteiger partial charge in [0.1, 0.15) is 0 Å². The lowest BCUT2D eigenvalue weighted by Crippen LogP contribution is -1.76. The fourth-order valence-corrected chi connectivity index (χ4v) is 1.49. The smallest absolute Gasteiger partial charge is 0.0607 e. The SMILES string of the molecule is Cl/C=C\c1cc(Cl)c(Cl)cc1Cl. The highest BCUT2D eigenvalue weighted by molar-refractivity contribution is 6.43. The first-order chi connectivity index (χ1) is 5.65. The van der Waals surface area contributed by atoms with E-state index in [2.05, 4.69) is 0 Å².